The Bertz CT molecular complexity index is 746. The standard InChI is InChI=1S/C18H22N4O5S/c1-2-27-17(25)21-9-7-20(8-10-21)16(24)19-14-5-3-13(4-6-14)11-22-15(23)12-28-18(22)26/h3-6H,2,7-12H2,1H3,(H,19,24). The van der Waals surface area contributed by atoms with E-state index in [0.717, 1.165) is 17.3 Å². The van der Waals surface area contributed by atoms with Crippen molar-refractivity contribution in [3.05, 3.63) is 29.8 Å². The molecule has 0 aromatic heterocycles. The fourth-order valence-electron chi connectivity index (χ4n) is 2.92. The monoisotopic (exact) mass is 406 g/mol. The van der Waals surface area contributed by atoms with Gasteiger partial charge < -0.3 is 19.9 Å². The van der Waals surface area contributed by atoms with Crippen LogP contribution in [0.1, 0.15) is 12.5 Å². The number of nitrogens with one attached hydrogen (secondary N) is 1. The largest absolute Gasteiger partial charge is 0.450 e. The van der Waals surface area contributed by atoms with Crippen LogP contribution in [0.3, 0.4) is 0 Å². The highest BCUT2D eigenvalue weighted by molar-refractivity contribution is 8.14. The zero-order valence-electron chi connectivity index (χ0n) is 15.6. The number of hydrogen-bond donors (Lipinski definition) is 1. The zero-order valence-corrected chi connectivity index (χ0v) is 16.4. The molecular formula is C18H22N4O5S. The van der Waals surface area contributed by atoms with E-state index in [-0.39, 0.29) is 35.6 Å². The summed E-state index contributed by atoms with van der Waals surface area (Å²) < 4.78 is 4.97. The average molecular weight is 406 g/mol. The molecular weight excluding hydrogens is 384 g/mol. The fraction of sp³-hybridized carbons (Fsp3) is 0.444. The Balaban J connectivity index is 1.49. The number of rotatable bonds is 4. The van der Waals surface area contributed by atoms with E-state index in [0.29, 0.717) is 38.5 Å². The van der Waals surface area contributed by atoms with Gasteiger partial charge in [-0.25, -0.2) is 9.59 Å². The smallest absolute Gasteiger partial charge is 0.409 e. The summed E-state index contributed by atoms with van der Waals surface area (Å²) in [6.07, 6.45) is -0.355. The van der Waals surface area contributed by atoms with Crippen LogP contribution >= 0.6 is 11.8 Å². The molecule has 0 unspecified atom stereocenters. The maximum atomic E-state index is 12.4. The molecule has 9 nitrogen and oxygen atoms in total. The van der Waals surface area contributed by atoms with Crippen LogP contribution in [0, 0.1) is 0 Å². The Hall–Kier alpha value is -2.75. The lowest BCUT2D eigenvalue weighted by atomic mass is 10.2. The molecule has 2 heterocycles. The first kappa shape index (κ1) is 20.0. The molecule has 0 radical (unpaired) electrons. The van der Waals surface area contributed by atoms with Crippen molar-refractivity contribution in [1.82, 2.24) is 14.7 Å². The lowest BCUT2D eigenvalue weighted by Gasteiger charge is -2.34. The first-order valence-corrected chi connectivity index (χ1v) is 10.00. The molecule has 2 saturated heterocycles. The summed E-state index contributed by atoms with van der Waals surface area (Å²) in [4.78, 5) is 51.9. The van der Waals surface area contributed by atoms with Crippen molar-refractivity contribution >= 4 is 40.7 Å². The van der Waals surface area contributed by atoms with Crippen LogP contribution in [0.2, 0.25) is 0 Å². The topological polar surface area (TPSA) is 99.3 Å². The number of thioether (sulfide) groups is 1. The number of carbonyl (C=O) groups excluding carboxylic acids is 4. The first-order chi connectivity index (χ1) is 13.5. The summed E-state index contributed by atoms with van der Waals surface area (Å²) in [7, 11) is 0. The number of amides is 5. The van der Waals surface area contributed by atoms with Crippen LogP contribution in [0.15, 0.2) is 24.3 Å². The van der Waals surface area contributed by atoms with Crippen molar-refractivity contribution < 1.29 is 23.9 Å². The predicted octanol–water partition coefficient (Wildman–Crippen LogP) is 2.19. The molecule has 2 fully saturated rings. The van der Waals surface area contributed by atoms with Gasteiger partial charge in [0.15, 0.2) is 0 Å². The third kappa shape index (κ3) is 4.75. The normalized spacial score (nSPS) is 17.1. The van der Waals surface area contributed by atoms with Crippen LogP contribution in [0.4, 0.5) is 20.1 Å². The quantitative estimate of drug-likeness (QED) is 0.823. The number of benzene rings is 1. The molecule has 1 N–H and O–H groups in total. The summed E-state index contributed by atoms with van der Waals surface area (Å²) in [5.74, 6) is 0.00508. The number of anilines is 1. The third-order valence-electron chi connectivity index (χ3n) is 4.48. The number of hydrogen-bond acceptors (Lipinski definition) is 6. The van der Waals surface area contributed by atoms with Gasteiger partial charge in [0.2, 0.25) is 5.91 Å². The van der Waals surface area contributed by atoms with E-state index in [1.54, 1.807) is 41.0 Å². The van der Waals surface area contributed by atoms with Crippen molar-refractivity contribution in [2.45, 2.75) is 13.5 Å². The average Bonchev–Trinajstić information content (AvgIpc) is 3.01. The van der Waals surface area contributed by atoms with Gasteiger partial charge in [-0.2, -0.15) is 0 Å². The van der Waals surface area contributed by atoms with Crippen molar-refractivity contribution in [3.8, 4) is 0 Å². The molecule has 10 heteroatoms. The van der Waals surface area contributed by atoms with Gasteiger partial charge in [0.05, 0.1) is 18.9 Å². The van der Waals surface area contributed by atoms with Gasteiger partial charge >= 0.3 is 12.1 Å². The molecule has 1 aromatic carbocycles. The van der Waals surface area contributed by atoms with E-state index in [2.05, 4.69) is 5.32 Å². The minimum atomic E-state index is -0.355. The Morgan fingerprint density at radius 2 is 1.71 bits per heavy atom. The van der Waals surface area contributed by atoms with Gasteiger partial charge in [0.25, 0.3) is 5.24 Å². The Labute approximate surface area is 167 Å². The molecule has 28 heavy (non-hydrogen) atoms. The molecule has 0 spiro atoms. The molecule has 0 saturated carbocycles. The molecule has 3 rings (SSSR count). The van der Waals surface area contributed by atoms with Gasteiger partial charge in [-0.1, -0.05) is 23.9 Å². The number of imide groups is 1. The minimum absolute atomic E-state index is 0.186. The molecule has 2 aliphatic heterocycles. The molecule has 1 aromatic rings. The molecule has 150 valence electrons. The van der Waals surface area contributed by atoms with Gasteiger partial charge in [-0.3, -0.25) is 14.5 Å². The lowest BCUT2D eigenvalue weighted by Crippen LogP contribution is -2.51. The molecule has 2 aliphatic rings. The Morgan fingerprint density at radius 1 is 1.07 bits per heavy atom. The van der Waals surface area contributed by atoms with Crippen LogP contribution < -0.4 is 5.32 Å². The van der Waals surface area contributed by atoms with Crippen LogP contribution in [0.5, 0.6) is 0 Å². The highest BCUT2D eigenvalue weighted by Gasteiger charge is 2.29. The second-order valence-electron chi connectivity index (χ2n) is 6.33. The van der Waals surface area contributed by atoms with Gasteiger partial charge in [-0.15, -0.1) is 0 Å². The van der Waals surface area contributed by atoms with Crippen molar-refractivity contribution in [3.63, 3.8) is 0 Å². The summed E-state index contributed by atoms with van der Waals surface area (Å²) in [6.45, 7) is 4.04. The molecule has 0 bridgehead atoms. The number of ether oxygens (including phenoxy) is 1. The minimum Gasteiger partial charge on any atom is -0.450 e. The maximum Gasteiger partial charge on any atom is 0.409 e. The van der Waals surface area contributed by atoms with Crippen LogP contribution in [0.25, 0.3) is 0 Å². The summed E-state index contributed by atoms with van der Waals surface area (Å²) in [5.41, 5.74) is 1.43. The highest BCUT2D eigenvalue weighted by Crippen LogP contribution is 2.22. The second-order valence-corrected chi connectivity index (χ2v) is 7.26. The van der Waals surface area contributed by atoms with Gasteiger partial charge in [-0.05, 0) is 24.6 Å². The lowest BCUT2D eigenvalue weighted by molar-refractivity contribution is -0.125. The number of urea groups is 1. The maximum absolute atomic E-state index is 12.4. The highest BCUT2D eigenvalue weighted by atomic mass is 32.2. The number of nitrogens with zero attached hydrogens (tertiary/aromatic N) is 3. The van der Waals surface area contributed by atoms with Crippen molar-refractivity contribution in [2.24, 2.45) is 0 Å². The molecule has 0 aliphatic carbocycles. The Morgan fingerprint density at radius 3 is 2.29 bits per heavy atom. The summed E-state index contributed by atoms with van der Waals surface area (Å²) in [6, 6.07) is 6.79. The van der Waals surface area contributed by atoms with E-state index < -0.39 is 0 Å². The summed E-state index contributed by atoms with van der Waals surface area (Å²) in [5, 5.41) is 2.59. The fourth-order valence-corrected chi connectivity index (χ4v) is 3.64. The van der Waals surface area contributed by atoms with Crippen LogP contribution in [-0.2, 0) is 16.1 Å². The van der Waals surface area contributed by atoms with Crippen LogP contribution in [-0.4, -0.2) is 76.5 Å². The molecule has 0 atom stereocenters. The summed E-state index contributed by atoms with van der Waals surface area (Å²) >= 11 is 1.01. The first-order valence-electron chi connectivity index (χ1n) is 9.01. The SMILES string of the molecule is CCOC(=O)N1CCN(C(=O)Nc2ccc(CN3C(=O)CSC3=O)cc2)CC1. The molecule has 5 amide bonds. The van der Waals surface area contributed by atoms with Crippen molar-refractivity contribution in [1.29, 1.82) is 0 Å². The van der Waals surface area contributed by atoms with E-state index in [9.17, 15) is 19.2 Å². The van der Waals surface area contributed by atoms with Gasteiger partial charge in [0.1, 0.15) is 0 Å². The third-order valence-corrected chi connectivity index (χ3v) is 5.34. The number of piperazine rings is 1. The van der Waals surface area contributed by atoms with E-state index in [4.69, 9.17) is 4.74 Å². The second kappa shape index (κ2) is 8.96. The van der Waals surface area contributed by atoms with Gasteiger partial charge in [0, 0.05) is 31.9 Å². The predicted molar refractivity (Wildman–Crippen MR) is 104 cm³/mol. The zero-order chi connectivity index (χ0) is 20.1. The number of carbonyl (C=O) groups is 4. The van der Waals surface area contributed by atoms with E-state index in [1.807, 2.05) is 0 Å². The van der Waals surface area contributed by atoms with E-state index in [1.165, 1.54) is 4.90 Å². The van der Waals surface area contributed by atoms with E-state index >= 15 is 0 Å². The Kier molecular flexibility index (Phi) is 6.40. The van der Waals surface area contributed by atoms with Crippen molar-refractivity contribution in [2.75, 3.05) is 43.9 Å².